The Bertz CT molecular complexity index is 610. The summed E-state index contributed by atoms with van der Waals surface area (Å²) < 4.78 is 98.0. The van der Waals surface area contributed by atoms with Gasteiger partial charge in [-0.15, -0.1) is 0 Å². The Morgan fingerprint density at radius 1 is 0.639 bits per heavy atom. The van der Waals surface area contributed by atoms with Crippen LogP contribution in [-0.4, -0.2) is 43.2 Å². The van der Waals surface area contributed by atoms with Gasteiger partial charge >= 0.3 is 30.0 Å². The summed E-state index contributed by atoms with van der Waals surface area (Å²) in [5.41, 5.74) is 0. The van der Waals surface area contributed by atoms with Crippen LogP contribution in [-0.2, 0) is 19.1 Å². The number of methoxy groups -OCH3 is 1. The summed E-state index contributed by atoms with van der Waals surface area (Å²) in [5.74, 6) is -17.3. The van der Waals surface area contributed by atoms with Crippen molar-refractivity contribution in [3.63, 3.8) is 0 Å². The van der Waals surface area contributed by atoms with Gasteiger partial charge < -0.3 is 9.47 Å². The second-order valence-corrected chi connectivity index (χ2v) is 9.16. The number of alkyl halides is 7. The van der Waals surface area contributed by atoms with E-state index in [2.05, 4.69) is 16.4 Å². The lowest BCUT2D eigenvalue weighted by molar-refractivity contribution is -0.349. The monoisotopic (exact) mass is 538 g/mol. The third-order valence-electron chi connectivity index (χ3n) is 6.04. The molecule has 0 aliphatic carbocycles. The van der Waals surface area contributed by atoms with E-state index in [9.17, 15) is 40.3 Å². The zero-order chi connectivity index (χ0) is 27.7. The molecule has 0 aromatic heterocycles. The third-order valence-corrected chi connectivity index (χ3v) is 6.04. The first-order valence-electron chi connectivity index (χ1n) is 12.9. The Morgan fingerprint density at radius 3 is 1.33 bits per heavy atom. The largest absolute Gasteiger partial charge is 0.466 e. The molecule has 0 radical (unpaired) electrons. The lowest BCUT2D eigenvalue weighted by atomic mass is 10.0. The maximum absolute atomic E-state index is 13.5. The van der Waals surface area contributed by atoms with Crippen molar-refractivity contribution in [1.82, 2.24) is 0 Å². The highest BCUT2D eigenvalue weighted by Crippen LogP contribution is 2.47. The van der Waals surface area contributed by atoms with Gasteiger partial charge in [0.2, 0.25) is 0 Å². The first-order chi connectivity index (χ1) is 16.8. The van der Waals surface area contributed by atoms with Crippen LogP contribution in [0.2, 0.25) is 0 Å². The molecule has 0 fully saturated rings. The van der Waals surface area contributed by atoms with Crippen molar-refractivity contribution in [3.05, 3.63) is 0 Å². The zero-order valence-electron chi connectivity index (χ0n) is 21.4. The minimum Gasteiger partial charge on any atom is -0.466 e. The molecule has 0 aliphatic rings. The number of hydrogen-bond acceptors (Lipinski definition) is 4. The minimum atomic E-state index is -6.68. The standard InChI is InChI=1S/C25H41F7O4/c1-3-4-5-6-7-8-9-10-11-12-13-14-15-16-17-18-19-20(21(33)35-2)36-22(34)23(26,27)24(28,29)25(30,31)32/h20H,3-19H2,1-2H3. The molecule has 0 saturated heterocycles. The molecule has 1 unspecified atom stereocenters. The van der Waals surface area contributed by atoms with Crippen LogP contribution in [0.4, 0.5) is 30.7 Å². The molecule has 4 nitrogen and oxygen atoms in total. The van der Waals surface area contributed by atoms with Gasteiger partial charge in [0.15, 0.2) is 6.10 Å². The Morgan fingerprint density at radius 2 is 1.00 bits per heavy atom. The molecule has 36 heavy (non-hydrogen) atoms. The molecule has 0 heterocycles. The highest BCUT2D eigenvalue weighted by atomic mass is 19.4. The van der Waals surface area contributed by atoms with Crippen molar-refractivity contribution >= 4 is 11.9 Å². The molecule has 0 aliphatic heterocycles. The van der Waals surface area contributed by atoms with Crippen LogP contribution in [0.15, 0.2) is 0 Å². The summed E-state index contributed by atoms with van der Waals surface area (Å²) in [6.45, 7) is 2.20. The van der Waals surface area contributed by atoms with E-state index in [-0.39, 0.29) is 12.8 Å². The molecule has 1 atom stereocenters. The van der Waals surface area contributed by atoms with Gasteiger partial charge in [-0.25, -0.2) is 9.59 Å². The lowest BCUT2D eigenvalue weighted by Crippen LogP contribution is -2.57. The van der Waals surface area contributed by atoms with Crippen LogP contribution in [0.5, 0.6) is 0 Å². The predicted molar refractivity (Wildman–Crippen MR) is 122 cm³/mol. The molecular formula is C25H41F7O4. The smallest absolute Gasteiger partial charge is 0.460 e. The van der Waals surface area contributed by atoms with Crippen molar-refractivity contribution < 1.29 is 49.8 Å². The normalized spacial score (nSPS) is 13.5. The maximum Gasteiger partial charge on any atom is 0.460 e. The summed E-state index contributed by atoms with van der Waals surface area (Å²) >= 11 is 0. The van der Waals surface area contributed by atoms with Gasteiger partial charge in [-0.3, -0.25) is 0 Å². The quantitative estimate of drug-likeness (QED) is 0.0835. The minimum absolute atomic E-state index is 0.215. The van der Waals surface area contributed by atoms with Crippen molar-refractivity contribution in [2.75, 3.05) is 7.11 Å². The third kappa shape index (κ3) is 12.6. The Kier molecular flexibility index (Phi) is 17.1. The fourth-order valence-electron chi connectivity index (χ4n) is 3.74. The van der Waals surface area contributed by atoms with Crippen molar-refractivity contribution in [3.8, 4) is 0 Å². The highest BCUT2D eigenvalue weighted by molar-refractivity contribution is 5.83. The number of halogens is 7. The summed E-state index contributed by atoms with van der Waals surface area (Å²) in [4.78, 5) is 23.1. The number of unbranched alkanes of at least 4 members (excludes halogenated alkanes) is 15. The average Bonchev–Trinajstić information content (AvgIpc) is 2.81. The Labute approximate surface area is 209 Å². The summed E-state index contributed by atoms with van der Waals surface area (Å²) in [7, 11) is 0.846. The Balaban J connectivity index is 4.13. The molecule has 214 valence electrons. The van der Waals surface area contributed by atoms with E-state index in [0.717, 1.165) is 39.2 Å². The number of esters is 2. The number of hydrogen-bond donors (Lipinski definition) is 0. The van der Waals surface area contributed by atoms with E-state index in [4.69, 9.17) is 0 Å². The fourth-order valence-corrected chi connectivity index (χ4v) is 3.74. The van der Waals surface area contributed by atoms with E-state index in [0.29, 0.717) is 6.42 Å². The van der Waals surface area contributed by atoms with E-state index < -0.39 is 36.1 Å². The van der Waals surface area contributed by atoms with Gasteiger partial charge in [0.25, 0.3) is 0 Å². The van der Waals surface area contributed by atoms with Crippen LogP contribution in [0.25, 0.3) is 0 Å². The van der Waals surface area contributed by atoms with Crippen molar-refractivity contribution in [2.45, 2.75) is 140 Å². The summed E-state index contributed by atoms with van der Waals surface area (Å²) in [5, 5.41) is 0. The van der Waals surface area contributed by atoms with Gasteiger partial charge in [0, 0.05) is 0 Å². The first kappa shape index (κ1) is 34.5. The van der Waals surface area contributed by atoms with E-state index in [1.165, 1.54) is 57.8 Å². The Hall–Kier alpha value is -1.55. The van der Waals surface area contributed by atoms with Crippen LogP contribution in [0, 0.1) is 0 Å². The van der Waals surface area contributed by atoms with Crippen LogP contribution < -0.4 is 0 Å². The maximum atomic E-state index is 13.5. The van der Waals surface area contributed by atoms with E-state index in [1.807, 2.05) is 0 Å². The predicted octanol–water partition coefficient (Wildman–Crippen LogP) is 8.56. The average molecular weight is 539 g/mol. The molecule has 0 amide bonds. The second kappa shape index (κ2) is 17.8. The molecular weight excluding hydrogens is 497 g/mol. The molecule has 0 spiro atoms. The summed E-state index contributed by atoms with van der Waals surface area (Å²) in [6.07, 6.45) is 8.12. The molecule has 0 saturated carbocycles. The number of rotatable bonds is 21. The SMILES string of the molecule is CCCCCCCCCCCCCCCCCCC(OC(=O)C(F)(F)C(F)(F)C(F)(F)F)C(=O)OC. The molecule has 0 bridgehead atoms. The zero-order valence-corrected chi connectivity index (χ0v) is 21.4. The van der Waals surface area contributed by atoms with Gasteiger partial charge in [-0.05, 0) is 12.8 Å². The molecule has 0 aromatic carbocycles. The van der Waals surface area contributed by atoms with E-state index >= 15 is 0 Å². The van der Waals surface area contributed by atoms with Crippen molar-refractivity contribution in [2.24, 2.45) is 0 Å². The number of carbonyl (C=O) groups excluding carboxylic acids is 2. The molecule has 0 rings (SSSR count). The van der Waals surface area contributed by atoms with Crippen LogP contribution in [0.1, 0.15) is 116 Å². The molecule has 11 heteroatoms. The van der Waals surface area contributed by atoms with Gasteiger partial charge in [-0.2, -0.15) is 30.7 Å². The lowest BCUT2D eigenvalue weighted by Gasteiger charge is -2.27. The number of ether oxygens (including phenoxy) is 2. The molecule has 0 aromatic rings. The van der Waals surface area contributed by atoms with Gasteiger partial charge in [0.05, 0.1) is 7.11 Å². The van der Waals surface area contributed by atoms with Crippen LogP contribution in [0.3, 0.4) is 0 Å². The van der Waals surface area contributed by atoms with E-state index in [1.54, 1.807) is 0 Å². The number of carbonyl (C=O) groups is 2. The van der Waals surface area contributed by atoms with Crippen molar-refractivity contribution in [1.29, 1.82) is 0 Å². The highest BCUT2D eigenvalue weighted by Gasteiger charge is 2.77. The molecule has 0 N–H and O–H groups in total. The first-order valence-corrected chi connectivity index (χ1v) is 12.9. The fraction of sp³-hybridized carbons (Fsp3) is 0.920. The second-order valence-electron chi connectivity index (χ2n) is 9.16. The topological polar surface area (TPSA) is 52.6 Å². The van der Waals surface area contributed by atoms with Crippen LogP contribution >= 0.6 is 0 Å². The summed E-state index contributed by atoms with van der Waals surface area (Å²) in [6, 6.07) is 0. The van der Waals surface area contributed by atoms with Gasteiger partial charge in [-0.1, -0.05) is 103 Å². The van der Waals surface area contributed by atoms with Gasteiger partial charge in [0.1, 0.15) is 0 Å².